The van der Waals surface area contributed by atoms with Crippen LogP contribution in [-0.4, -0.2) is 69.0 Å². The minimum atomic E-state index is -1.06. The van der Waals surface area contributed by atoms with Crippen molar-refractivity contribution in [1.82, 2.24) is 10.6 Å². The fraction of sp³-hybridized carbons (Fsp3) is 0.386. The SMILES string of the molecule is CC(C)Cc1ccc([C@H](C)C(=O)NCCOCCOCCOc2cc3c(cc2Oc2ccc(-c4ccc(C(=O)O)cc4)c(F)c2)[C@@](C)(CC(N)=O)NCC3)cc1. The lowest BCUT2D eigenvalue weighted by Gasteiger charge is -2.37. The molecule has 0 spiro atoms. The van der Waals surface area contributed by atoms with Crippen molar-refractivity contribution in [3.63, 3.8) is 0 Å². The van der Waals surface area contributed by atoms with Crippen molar-refractivity contribution in [3.8, 4) is 28.4 Å². The molecule has 1 aliphatic rings. The van der Waals surface area contributed by atoms with Crippen molar-refractivity contribution in [2.24, 2.45) is 11.7 Å². The number of carbonyl (C=O) groups is 3. The fourth-order valence-corrected chi connectivity index (χ4v) is 6.80. The third-order valence-corrected chi connectivity index (χ3v) is 9.73. The molecular formula is C44H52FN3O8. The molecule has 0 bridgehead atoms. The summed E-state index contributed by atoms with van der Waals surface area (Å²) >= 11 is 0. The first-order valence-electron chi connectivity index (χ1n) is 19.0. The topological polar surface area (TPSA) is 158 Å². The van der Waals surface area contributed by atoms with Crippen LogP contribution < -0.4 is 25.8 Å². The Morgan fingerprint density at radius 2 is 1.59 bits per heavy atom. The summed E-state index contributed by atoms with van der Waals surface area (Å²) in [4.78, 5) is 35.9. The minimum absolute atomic E-state index is 0.0511. The lowest BCUT2D eigenvalue weighted by atomic mass is 9.81. The molecule has 5 rings (SSSR count). The van der Waals surface area contributed by atoms with Gasteiger partial charge in [-0.25, -0.2) is 9.18 Å². The first-order valence-corrected chi connectivity index (χ1v) is 19.0. The van der Waals surface area contributed by atoms with Gasteiger partial charge in [0.15, 0.2) is 11.5 Å². The molecule has 56 heavy (non-hydrogen) atoms. The Bertz CT molecular complexity index is 1970. The van der Waals surface area contributed by atoms with E-state index in [0.29, 0.717) is 62.3 Å². The molecule has 12 heteroatoms. The van der Waals surface area contributed by atoms with Crippen LogP contribution in [0.3, 0.4) is 0 Å². The number of ether oxygens (including phenoxy) is 4. The number of amides is 2. The van der Waals surface area contributed by atoms with Crippen LogP contribution in [0, 0.1) is 11.7 Å². The number of aromatic carboxylic acids is 1. The summed E-state index contributed by atoms with van der Waals surface area (Å²) in [6.45, 7) is 10.7. The standard InChI is InChI=1S/C44H52FN3O8/c1-28(2)23-30-5-7-31(8-6-30)29(3)42(50)47-17-18-53-19-20-54-21-22-55-39-24-34-15-16-48-44(4,27-41(46)49)37(34)26-40(39)56-35-13-14-36(38(45)25-35)32-9-11-33(12-10-32)43(51)52/h5-14,24-26,28-29,48H,15-23,27H2,1-4H3,(H2,46,49)(H,47,50)(H,51,52)/t29-,44+/m0/s1. The zero-order valence-electron chi connectivity index (χ0n) is 32.5. The van der Waals surface area contributed by atoms with Crippen LogP contribution in [0.25, 0.3) is 11.1 Å². The van der Waals surface area contributed by atoms with Gasteiger partial charge in [0.05, 0.1) is 37.9 Å². The van der Waals surface area contributed by atoms with E-state index in [0.717, 1.165) is 23.1 Å². The lowest BCUT2D eigenvalue weighted by Crippen LogP contribution is -2.47. The molecule has 0 fully saturated rings. The number of carboxylic acids is 1. The normalized spacial score (nSPS) is 15.5. The van der Waals surface area contributed by atoms with Gasteiger partial charge in [0, 0.05) is 36.7 Å². The van der Waals surface area contributed by atoms with E-state index in [4.69, 9.17) is 24.7 Å². The summed E-state index contributed by atoms with van der Waals surface area (Å²) in [6.07, 6.45) is 1.76. The maximum absolute atomic E-state index is 15.4. The number of hydrogen-bond acceptors (Lipinski definition) is 8. The second-order valence-corrected chi connectivity index (χ2v) is 14.7. The van der Waals surface area contributed by atoms with Crippen LogP contribution in [0.1, 0.15) is 72.6 Å². The Morgan fingerprint density at radius 1 is 0.893 bits per heavy atom. The monoisotopic (exact) mass is 769 g/mol. The van der Waals surface area contributed by atoms with Gasteiger partial charge in [-0.05, 0) is 96.8 Å². The van der Waals surface area contributed by atoms with Gasteiger partial charge in [0.25, 0.3) is 0 Å². The summed E-state index contributed by atoms with van der Waals surface area (Å²) in [6, 6.07) is 22.3. The summed E-state index contributed by atoms with van der Waals surface area (Å²) in [5, 5.41) is 15.5. The Hall–Kier alpha value is -5.30. The molecular weight excluding hydrogens is 717 g/mol. The van der Waals surface area contributed by atoms with Gasteiger partial charge >= 0.3 is 5.97 Å². The number of nitrogens with one attached hydrogen (secondary N) is 2. The van der Waals surface area contributed by atoms with Crippen LogP contribution in [0.2, 0.25) is 0 Å². The predicted molar refractivity (Wildman–Crippen MR) is 212 cm³/mol. The number of hydrogen-bond donors (Lipinski definition) is 4. The number of carbonyl (C=O) groups excluding carboxylic acids is 2. The van der Waals surface area contributed by atoms with E-state index in [2.05, 4.69) is 36.6 Å². The predicted octanol–water partition coefficient (Wildman–Crippen LogP) is 6.75. The average Bonchev–Trinajstić information content (AvgIpc) is 3.15. The van der Waals surface area contributed by atoms with Gasteiger partial charge in [0.2, 0.25) is 11.8 Å². The number of fused-ring (bicyclic) bond motifs is 1. The highest BCUT2D eigenvalue weighted by molar-refractivity contribution is 5.88. The molecule has 0 saturated heterocycles. The molecule has 2 amide bonds. The van der Waals surface area contributed by atoms with Crippen LogP contribution in [0.15, 0.2) is 78.9 Å². The van der Waals surface area contributed by atoms with E-state index in [-0.39, 0.29) is 48.3 Å². The van der Waals surface area contributed by atoms with E-state index in [9.17, 15) is 19.5 Å². The zero-order valence-corrected chi connectivity index (χ0v) is 32.5. The molecule has 0 aromatic heterocycles. The van der Waals surface area contributed by atoms with Gasteiger partial charge in [-0.3, -0.25) is 9.59 Å². The largest absolute Gasteiger partial charge is 0.487 e. The van der Waals surface area contributed by atoms with Gasteiger partial charge in [-0.1, -0.05) is 50.2 Å². The molecule has 298 valence electrons. The minimum Gasteiger partial charge on any atom is -0.487 e. The molecule has 2 atom stereocenters. The Morgan fingerprint density at radius 3 is 2.25 bits per heavy atom. The lowest BCUT2D eigenvalue weighted by molar-refractivity contribution is -0.122. The first kappa shape index (κ1) is 41.9. The number of carboxylic acid groups (broad SMARTS) is 1. The molecule has 5 N–H and O–H groups in total. The van der Waals surface area contributed by atoms with Crippen molar-refractivity contribution in [2.75, 3.05) is 46.1 Å². The van der Waals surface area contributed by atoms with E-state index in [1.54, 1.807) is 30.3 Å². The number of benzene rings is 4. The summed E-state index contributed by atoms with van der Waals surface area (Å²) in [5.41, 5.74) is 9.82. The Kier molecular flexibility index (Phi) is 14.6. The van der Waals surface area contributed by atoms with Gasteiger partial charge in [-0.15, -0.1) is 0 Å². The molecule has 0 radical (unpaired) electrons. The maximum Gasteiger partial charge on any atom is 0.335 e. The Balaban J connectivity index is 1.13. The molecule has 1 aliphatic heterocycles. The average molecular weight is 770 g/mol. The molecule has 4 aromatic rings. The Labute approximate surface area is 327 Å². The molecule has 0 unspecified atom stereocenters. The van der Waals surface area contributed by atoms with Crippen molar-refractivity contribution >= 4 is 17.8 Å². The summed E-state index contributed by atoms with van der Waals surface area (Å²) < 4.78 is 39.1. The quantitative estimate of drug-likeness (QED) is 0.0714. The molecule has 1 heterocycles. The third-order valence-electron chi connectivity index (χ3n) is 9.73. The summed E-state index contributed by atoms with van der Waals surface area (Å²) in [7, 11) is 0. The van der Waals surface area contributed by atoms with E-state index < -0.39 is 23.2 Å². The van der Waals surface area contributed by atoms with Crippen LogP contribution in [0.4, 0.5) is 4.39 Å². The van der Waals surface area contributed by atoms with Gasteiger partial charge in [0.1, 0.15) is 18.2 Å². The highest BCUT2D eigenvalue weighted by Crippen LogP contribution is 2.41. The number of primary amides is 1. The maximum atomic E-state index is 15.4. The zero-order chi connectivity index (χ0) is 40.2. The van der Waals surface area contributed by atoms with Crippen LogP contribution >= 0.6 is 0 Å². The molecule has 0 aliphatic carbocycles. The van der Waals surface area contributed by atoms with Gasteiger partial charge in [-0.2, -0.15) is 0 Å². The first-order chi connectivity index (χ1) is 26.8. The number of halogens is 1. The molecule has 11 nitrogen and oxygen atoms in total. The highest BCUT2D eigenvalue weighted by Gasteiger charge is 2.35. The second-order valence-electron chi connectivity index (χ2n) is 14.7. The van der Waals surface area contributed by atoms with Crippen molar-refractivity contribution in [1.29, 1.82) is 0 Å². The molecule has 0 saturated carbocycles. The van der Waals surface area contributed by atoms with Gasteiger partial charge < -0.3 is 40.4 Å². The number of rotatable bonds is 20. The van der Waals surface area contributed by atoms with Crippen LogP contribution in [-0.2, 0) is 37.4 Å². The highest BCUT2D eigenvalue weighted by atomic mass is 19.1. The van der Waals surface area contributed by atoms with Crippen molar-refractivity contribution in [3.05, 3.63) is 112 Å². The molecule has 4 aromatic carbocycles. The summed E-state index contributed by atoms with van der Waals surface area (Å²) in [5.74, 6) is -0.841. The fourth-order valence-electron chi connectivity index (χ4n) is 6.80. The number of nitrogens with two attached hydrogens (primary N) is 1. The smallest absolute Gasteiger partial charge is 0.335 e. The van der Waals surface area contributed by atoms with E-state index in [1.807, 2.05) is 32.0 Å². The van der Waals surface area contributed by atoms with E-state index >= 15 is 4.39 Å². The van der Waals surface area contributed by atoms with E-state index in [1.165, 1.54) is 23.8 Å². The third kappa shape index (κ3) is 11.4. The van der Waals surface area contributed by atoms with Crippen molar-refractivity contribution < 1.29 is 42.8 Å². The van der Waals surface area contributed by atoms with Crippen molar-refractivity contribution in [2.45, 2.75) is 58.4 Å². The van der Waals surface area contributed by atoms with Crippen LogP contribution in [0.5, 0.6) is 17.2 Å². The second kappa shape index (κ2) is 19.5.